The van der Waals surface area contributed by atoms with E-state index in [0.29, 0.717) is 16.5 Å². The topological polar surface area (TPSA) is 240 Å². The van der Waals surface area contributed by atoms with Gasteiger partial charge in [0.1, 0.15) is 30.6 Å². The Balaban J connectivity index is 0.000000655. The van der Waals surface area contributed by atoms with Gasteiger partial charge in [0.15, 0.2) is 5.69 Å². The predicted octanol–water partition coefficient (Wildman–Crippen LogP) is 6.53. The molecule has 1 fully saturated rings. The molecule has 0 atom stereocenters. The van der Waals surface area contributed by atoms with E-state index in [1.54, 1.807) is 42.5 Å². The molecule has 2 aromatic heterocycles. The maximum absolute atomic E-state index is 13.3. The van der Waals surface area contributed by atoms with Gasteiger partial charge in [0.2, 0.25) is 0 Å². The molecule has 58 heavy (non-hydrogen) atoms. The second-order valence-electron chi connectivity index (χ2n) is 10.9. The summed E-state index contributed by atoms with van der Waals surface area (Å²) in [6.07, 6.45) is -9.37. The van der Waals surface area contributed by atoms with Crippen LogP contribution in [0, 0.1) is 0 Å². The van der Waals surface area contributed by atoms with Gasteiger partial charge >= 0.3 is 36.4 Å². The molecule has 1 aliphatic rings. The van der Waals surface area contributed by atoms with Crippen molar-refractivity contribution < 1.29 is 92.7 Å². The standard InChI is InChI=1S/C26H27ClFN5O4.3C2HF3O2/c27-16-3-10-23(31-15-16)33-26(35)24-21(2-1-12-30-24)32-25(34)20-9-8-19(36-13-11-28)14-22(20)37-18-6-4-17(29)5-7-18;3*3-2(4,5)1(6)7/h1-3,8-10,12,14-15,17-18H,4-7,11,13,29H2,(H,32,34)(H,31,33,35);3*(H,6,7)/t17-,18+;;;. The van der Waals surface area contributed by atoms with Crippen molar-refractivity contribution >= 4 is 52.8 Å². The molecule has 0 aliphatic heterocycles. The lowest BCUT2D eigenvalue weighted by molar-refractivity contribution is -0.193. The highest BCUT2D eigenvalue weighted by Crippen LogP contribution is 2.31. The first-order valence-electron chi connectivity index (χ1n) is 15.6. The maximum Gasteiger partial charge on any atom is 0.490 e. The Morgan fingerprint density at radius 3 is 1.78 bits per heavy atom. The van der Waals surface area contributed by atoms with Gasteiger partial charge in [-0.3, -0.25) is 9.59 Å². The zero-order valence-electron chi connectivity index (χ0n) is 28.9. The van der Waals surface area contributed by atoms with Crippen LogP contribution in [-0.4, -0.2) is 99.0 Å². The minimum Gasteiger partial charge on any atom is -0.491 e. The number of amides is 2. The second kappa shape index (κ2) is 22.7. The fourth-order valence-electron chi connectivity index (χ4n) is 3.92. The fraction of sp³-hybridized carbons (Fsp3) is 0.344. The molecular formula is C32H30ClF10N5O10. The van der Waals surface area contributed by atoms with Crippen molar-refractivity contribution in [2.24, 2.45) is 5.73 Å². The molecule has 1 aliphatic carbocycles. The number of nitrogens with zero attached hydrogens (tertiary/aromatic N) is 2. The van der Waals surface area contributed by atoms with Gasteiger partial charge < -0.3 is 41.2 Å². The summed E-state index contributed by atoms with van der Waals surface area (Å²) in [5, 5.41) is 27.2. The molecule has 2 amide bonds. The van der Waals surface area contributed by atoms with E-state index in [4.69, 9.17) is 56.5 Å². The Hall–Kier alpha value is -5.98. The third-order valence-electron chi connectivity index (χ3n) is 6.52. The number of carboxylic acids is 3. The Morgan fingerprint density at radius 2 is 1.31 bits per heavy atom. The number of carbonyl (C=O) groups excluding carboxylic acids is 2. The number of nitrogens with two attached hydrogens (primary N) is 1. The quantitative estimate of drug-likeness (QED) is 0.126. The van der Waals surface area contributed by atoms with E-state index in [9.17, 15) is 53.5 Å². The highest BCUT2D eigenvalue weighted by Gasteiger charge is 2.39. The van der Waals surface area contributed by atoms with Gasteiger partial charge in [-0.1, -0.05) is 11.6 Å². The lowest BCUT2D eigenvalue weighted by Crippen LogP contribution is -2.32. The van der Waals surface area contributed by atoms with E-state index in [0.717, 1.165) is 25.7 Å². The van der Waals surface area contributed by atoms with Crippen LogP contribution in [0.15, 0.2) is 54.9 Å². The van der Waals surface area contributed by atoms with Crippen molar-refractivity contribution in [2.45, 2.75) is 56.4 Å². The van der Waals surface area contributed by atoms with E-state index in [2.05, 4.69) is 20.6 Å². The number of alkyl halides is 10. The molecule has 26 heteroatoms. The summed E-state index contributed by atoms with van der Waals surface area (Å²) >= 11 is 5.85. The third kappa shape index (κ3) is 18.8. The van der Waals surface area contributed by atoms with Crippen molar-refractivity contribution in [2.75, 3.05) is 23.9 Å². The normalized spacial score (nSPS) is 15.0. The van der Waals surface area contributed by atoms with Gasteiger partial charge in [0, 0.05) is 24.5 Å². The molecule has 0 spiro atoms. The number of carbonyl (C=O) groups is 5. The SMILES string of the molecule is N[C@H]1CC[C@@H](Oc2cc(OCCF)ccc2C(=O)Nc2cccnc2C(=O)Nc2ccc(Cl)cn2)CC1.O=C(O)C(F)(F)F.O=C(O)C(F)(F)F.O=C(O)C(F)(F)F. The number of benzene rings is 1. The molecule has 1 aromatic carbocycles. The number of pyridine rings is 2. The molecule has 15 nitrogen and oxygen atoms in total. The first-order valence-corrected chi connectivity index (χ1v) is 16.0. The Kier molecular flexibility index (Phi) is 19.6. The van der Waals surface area contributed by atoms with Gasteiger partial charge in [-0.15, -0.1) is 0 Å². The number of hydrogen-bond acceptors (Lipinski definition) is 10. The molecule has 2 heterocycles. The van der Waals surface area contributed by atoms with Crippen molar-refractivity contribution in [1.82, 2.24) is 9.97 Å². The zero-order valence-corrected chi connectivity index (χ0v) is 29.7. The van der Waals surface area contributed by atoms with Crippen LogP contribution in [0.3, 0.4) is 0 Å². The number of rotatable bonds is 9. The van der Waals surface area contributed by atoms with Crippen LogP contribution in [0.4, 0.5) is 55.4 Å². The second-order valence-corrected chi connectivity index (χ2v) is 11.4. The molecule has 7 N–H and O–H groups in total. The van der Waals surface area contributed by atoms with Gasteiger partial charge in [-0.05, 0) is 62.1 Å². The van der Waals surface area contributed by atoms with Gasteiger partial charge in [0.05, 0.1) is 22.4 Å². The highest BCUT2D eigenvalue weighted by molar-refractivity contribution is 6.30. The van der Waals surface area contributed by atoms with Crippen LogP contribution in [-0.2, 0) is 14.4 Å². The summed E-state index contributed by atoms with van der Waals surface area (Å²) in [5.74, 6) is -8.37. The van der Waals surface area contributed by atoms with Crippen LogP contribution in [0.1, 0.15) is 46.5 Å². The number of aromatic nitrogens is 2. The number of hydrogen-bond donors (Lipinski definition) is 6. The molecule has 4 rings (SSSR count). The molecule has 1 saturated carbocycles. The Morgan fingerprint density at radius 1 is 0.776 bits per heavy atom. The summed E-state index contributed by atoms with van der Waals surface area (Å²) in [4.78, 5) is 61.0. The molecular weight excluding hydrogens is 840 g/mol. The van der Waals surface area contributed by atoms with Crippen molar-refractivity contribution in [3.05, 3.63) is 71.1 Å². The van der Waals surface area contributed by atoms with Gasteiger partial charge in [-0.25, -0.2) is 28.7 Å². The maximum atomic E-state index is 13.3. The Bertz CT molecular complexity index is 1780. The predicted molar refractivity (Wildman–Crippen MR) is 179 cm³/mol. The molecule has 320 valence electrons. The van der Waals surface area contributed by atoms with E-state index in [1.165, 1.54) is 12.4 Å². The van der Waals surface area contributed by atoms with Crippen LogP contribution < -0.4 is 25.8 Å². The molecule has 3 aromatic rings. The monoisotopic (exact) mass is 869 g/mol. The summed E-state index contributed by atoms with van der Waals surface area (Å²) in [7, 11) is 0. The number of nitrogens with one attached hydrogen (secondary N) is 2. The molecule has 0 bridgehead atoms. The lowest BCUT2D eigenvalue weighted by Gasteiger charge is -2.27. The van der Waals surface area contributed by atoms with Gasteiger partial charge in [-0.2, -0.15) is 39.5 Å². The number of anilines is 2. The minimum atomic E-state index is -5.08. The van der Waals surface area contributed by atoms with E-state index in [-0.39, 0.29) is 41.5 Å². The first kappa shape index (κ1) is 50.0. The van der Waals surface area contributed by atoms with Crippen molar-refractivity contribution in [3.8, 4) is 11.5 Å². The van der Waals surface area contributed by atoms with Crippen molar-refractivity contribution in [1.29, 1.82) is 0 Å². The van der Waals surface area contributed by atoms with E-state index in [1.807, 2.05) is 0 Å². The van der Waals surface area contributed by atoms with Crippen molar-refractivity contribution in [3.63, 3.8) is 0 Å². The van der Waals surface area contributed by atoms with Crippen LogP contribution in [0.25, 0.3) is 0 Å². The summed E-state index contributed by atoms with van der Waals surface area (Å²) < 4.78 is 119. The smallest absolute Gasteiger partial charge is 0.490 e. The third-order valence-corrected chi connectivity index (χ3v) is 6.75. The van der Waals surface area contributed by atoms with Crippen LogP contribution in [0.2, 0.25) is 5.02 Å². The molecule has 0 saturated heterocycles. The number of ether oxygens (including phenoxy) is 2. The van der Waals surface area contributed by atoms with E-state index >= 15 is 0 Å². The molecule has 0 radical (unpaired) electrons. The highest BCUT2D eigenvalue weighted by atomic mass is 35.5. The van der Waals surface area contributed by atoms with Crippen LogP contribution >= 0.6 is 11.6 Å². The summed E-state index contributed by atoms with van der Waals surface area (Å²) in [5.41, 5.74) is 6.44. The number of aliphatic carboxylic acids is 3. The molecule has 0 unspecified atom stereocenters. The summed E-state index contributed by atoms with van der Waals surface area (Å²) in [6, 6.07) is 11.1. The largest absolute Gasteiger partial charge is 0.491 e. The number of halogens is 11. The fourth-order valence-corrected chi connectivity index (χ4v) is 4.03. The minimum absolute atomic E-state index is 0.000708. The Labute approximate surface area is 324 Å². The van der Waals surface area contributed by atoms with Crippen LogP contribution in [0.5, 0.6) is 11.5 Å². The lowest BCUT2D eigenvalue weighted by atomic mass is 9.93. The first-order chi connectivity index (χ1) is 26.8. The average molecular weight is 870 g/mol. The van der Waals surface area contributed by atoms with E-state index < -0.39 is 54.9 Å². The number of carboxylic acid groups (broad SMARTS) is 3. The zero-order chi connectivity index (χ0) is 44.4. The van der Waals surface area contributed by atoms with Gasteiger partial charge in [0.25, 0.3) is 11.8 Å². The average Bonchev–Trinajstić information content (AvgIpc) is 3.12. The summed E-state index contributed by atoms with van der Waals surface area (Å²) in [6.45, 7) is -0.754.